The maximum atomic E-state index is 11.6. The topological polar surface area (TPSA) is 99.3 Å². The van der Waals surface area contributed by atoms with Crippen molar-refractivity contribution in [3.63, 3.8) is 0 Å². The molecule has 1 aliphatic heterocycles. The predicted molar refractivity (Wildman–Crippen MR) is 94.4 cm³/mol. The van der Waals surface area contributed by atoms with E-state index in [1.54, 1.807) is 26.4 Å². The number of hydrogen-bond donors (Lipinski definition) is 2. The molecular weight excluding hydrogens is 342 g/mol. The van der Waals surface area contributed by atoms with Crippen LogP contribution in [0.5, 0.6) is 5.88 Å². The normalized spacial score (nSPS) is 15.2. The lowest BCUT2D eigenvalue weighted by Gasteiger charge is -2.33. The molecule has 0 saturated carbocycles. The number of hydrogen-bond acceptors (Lipinski definition) is 8. The second-order valence-electron chi connectivity index (χ2n) is 5.63. The molecule has 0 unspecified atom stereocenters. The van der Waals surface area contributed by atoms with Crippen LogP contribution in [0.3, 0.4) is 0 Å². The average molecular weight is 363 g/mol. The Morgan fingerprint density at radius 1 is 1.36 bits per heavy atom. The Morgan fingerprint density at radius 2 is 2.12 bits per heavy atom. The SMILES string of the molecule is CNC(=O)c1cc(Sc2cnc(N3CCN(C)CC3)c(OC)n2)[nH]n1. The number of nitrogens with zero attached hydrogens (tertiary/aromatic N) is 5. The van der Waals surface area contributed by atoms with Gasteiger partial charge in [0.2, 0.25) is 0 Å². The Bertz CT molecular complexity index is 743. The van der Waals surface area contributed by atoms with Gasteiger partial charge in [-0.05, 0) is 18.8 Å². The summed E-state index contributed by atoms with van der Waals surface area (Å²) >= 11 is 1.34. The van der Waals surface area contributed by atoms with Crippen LogP contribution in [0, 0.1) is 0 Å². The van der Waals surface area contributed by atoms with Crippen LogP contribution < -0.4 is 15.0 Å². The summed E-state index contributed by atoms with van der Waals surface area (Å²) in [5, 5.41) is 10.7. The van der Waals surface area contributed by atoms with E-state index in [1.165, 1.54) is 11.8 Å². The van der Waals surface area contributed by atoms with Crippen molar-refractivity contribution in [3.05, 3.63) is 18.0 Å². The van der Waals surface area contributed by atoms with Gasteiger partial charge in [0.1, 0.15) is 5.03 Å². The van der Waals surface area contributed by atoms with E-state index >= 15 is 0 Å². The first-order valence-corrected chi connectivity index (χ1v) is 8.72. The highest BCUT2D eigenvalue weighted by atomic mass is 32.2. The molecule has 0 bridgehead atoms. The summed E-state index contributed by atoms with van der Waals surface area (Å²) in [6, 6.07) is 1.67. The van der Waals surface area contributed by atoms with Crippen LogP contribution in [-0.2, 0) is 0 Å². The fourth-order valence-electron chi connectivity index (χ4n) is 2.49. The fraction of sp³-hybridized carbons (Fsp3) is 0.467. The molecule has 2 aromatic rings. The number of aromatic nitrogens is 4. The molecule has 0 atom stereocenters. The number of carbonyl (C=O) groups excluding carboxylic acids is 1. The van der Waals surface area contributed by atoms with Crippen LogP contribution in [0.4, 0.5) is 5.82 Å². The van der Waals surface area contributed by atoms with Gasteiger partial charge in [0.25, 0.3) is 11.8 Å². The van der Waals surface area contributed by atoms with Gasteiger partial charge in [0.05, 0.1) is 18.3 Å². The molecule has 0 aliphatic carbocycles. The lowest BCUT2D eigenvalue weighted by Crippen LogP contribution is -2.45. The van der Waals surface area contributed by atoms with E-state index in [0.717, 1.165) is 32.0 Å². The Labute approximate surface area is 150 Å². The minimum atomic E-state index is -0.239. The maximum absolute atomic E-state index is 11.6. The third-order valence-corrected chi connectivity index (χ3v) is 4.76. The van der Waals surface area contributed by atoms with Crippen molar-refractivity contribution in [2.45, 2.75) is 10.1 Å². The quantitative estimate of drug-likeness (QED) is 0.791. The molecule has 0 radical (unpaired) electrons. The number of ether oxygens (including phenoxy) is 1. The zero-order valence-electron chi connectivity index (χ0n) is 14.4. The summed E-state index contributed by atoms with van der Waals surface area (Å²) < 4.78 is 5.43. The van der Waals surface area contributed by atoms with Gasteiger partial charge >= 0.3 is 0 Å². The Kier molecular flexibility index (Phi) is 5.39. The molecule has 1 saturated heterocycles. The second-order valence-corrected chi connectivity index (χ2v) is 6.69. The molecule has 1 amide bonds. The molecule has 0 aromatic carbocycles. The largest absolute Gasteiger partial charge is 0.478 e. The minimum absolute atomic E-state index is 0.239. The molecule has 1 aliphatic rings. The second kappa shape index (κ2) is 7.70. The molecule has 134 valence electrons. The Morgan fingerprint density at radius 3 is 2.80 bits per heavy atom. The average Bonchev–Trinajstić information content (AvgIpc) is 3.10. The van der Waals surface area contributed by atoms with E-state index in [-0.39, 0.29) is 5.91 Å². The number of piperazine rings is 1. The first kappa shape index (κ1) is 17.5. The van der Waals surface area contributed by atoms with Gasteiger partial charge in [-0.2, -0.15) is 5.10 Å². The first-order valence-electron chi connectivity index (χ1n) is 7.90. The van der Waals surface area contributed by atoms with Gasteiger partial charge in [-0.15, -0.1) is 0 Å². The van der Waals surface area contributed by atoms with Crippen molar-refractivity contribution in [2.75, 3.05) is 52.3 Å². The van der Waals surface area contributed by atoms with Crippen LogP contribution in [0.15, 0.2) is 22.3 Å². The third-order valence-electron chi connectivity index (χ3n) is 3.93. The van der Waals surface area contributed by atoms with Crippen molar-refractivity contribution in [1.29, 1.82) is 0 Å². The third kappa shape index (κ3) is 4.02. The van der Waals surface area contributed by atoms with E-state index in [4.69, 9.17) is 4.74 Å². The van der Waals surface area contributed by atoms with Crippen molar-refractivity contribution >= 4 is 23.5 Å². The van der Waals surface area contributed by atoms with Crippen LogP contribution in [0.2, 0.25) is 0 Å². The van der Waals surface area contributed by atoms with E-state index in [2.05, 4.69) is 42.3 Å². The van der Waals surface area contributed by atoms with Crippen LogP contribution in [-0.4, -0.2) is 78.4 Å². The van der Waals surface area contributed by atoms with Crippen molar-refractivity contribution < 1.29 is 9.53 Å². The molecule has 2 N–H and O–H groups in total. The predicted octanol–water partition coefficient (Wildman–Crippen LogP) is 0.471. The molecular formula is C15H21N7O2S. The summed E-state index contributed by atoms with van der Waals surface area (Å²) in [6.45, 7) is 3.75. The smallest absolute Gasteiger partial charge is 0.271 e. The Hall–Kier alpha value is -2.33. The molecule has 3 rings (SSSR count). The lowest BCUT2D eigenvalue weighted by molar-refractivity contribution is 0.0958. The van der Waals surface area contributed by atoms with E-state index in [1.807, 2.05) is 0 Å². The zero-order chi connectivity index (χ0) is 17.8. The van der Waals surface area contributed by atoms with Crippen LogP contribution >= 0.6 is 11.8 Å². The first-order chi connectivity index (χ1) is 12.1. The number of amides is 1. The summed E-state index contributed by atoms with van der Waals surface area (Å²) in [4.78, 5) is 25.1. The van der Waals surface area contributed by atoms with E-state index in [0.29, 0.717) is 21.6 Å². The standard InChI is InChI=1S/C15H21N7O2S/c1-16-14(23)10-8-11(20-19-10)25-12-9-17-13(15(18-12)24-3)22-6-4-21(2)5-7-22/h8-9H,4-7H2,1-3H3,(H,16,23)(H,19,20). The molecule has 1 fully saturated rings. The van der Waals surface area contributed by atoms with Gasteiger partial charge in [0.15, 0.2) is 11.5 Å². The van der Waals surface area contributed by atoms with Crippen molar-refractivity contribution in [3.8, 4) is 5.88 Å². The lowest BCUT2D eigenvalue weighted by atomic mass is 10.3. The Balaban J connectivity index is 1.75. The highest BCUT2D eigenvalue weighted by Gasteiger charge is 2.20. The summed E-state index contributed by atoms with van der Waals surface area (Å²) in [5.41, 5.74) is 0.332. The maximum Gasteiger partial charge on any atom is 0.271 e. The molecule has 10 heteroatoms. The van der Waals surface area contributed by atoms with E-state index in [9.17, 15) is 4.79 Å². The summed E-state index contributed by atoms with van der Waals surface area (Å²) in [5.74, 6) is 1.02. The number of nitrogens with one attached hydrogen (secondary N) is 2. The number of carbonyl (C=O) groups is 1. The zero-order valence-corrected chi connectivity index (χ0v) is 15.3. The van der Waals surface area contributed by atoms with Crippen LogP contribution in [0.1, 0.15) is 10.5 Å². The molecule has 3 heterocycles. The van der Waals surface area contributed by atoms with Gasteiger partial charge in [-0.1, -0.05) is 0 Å². The van der Waals surface area contributed by atoms with Gasteiger partial charge in [-0.25, -0.2) is 9.97 Å². The van der Waals surface area contributed by atoms with Crippen LogP contribution in [0.25, 0.3) is 0 Å². The summed E-state index contributed by atoms with van der Waals surface area (Å²) in [6.07, 6.45) is 1.71. The van der Waals surface area contributed by atoms with E-state index < -0.39 is 0 Å². The fourth-order valence-corrected chi connectivity index (χ4v) is 3.21. The van der Waals surface area contributed by atoms with Gasteiger partial charge < -0.3 is 19.9 Å². The molecule has 9 nitrogen and oxygen atoms in total. The van der Waals surface area contributed by atoms with Crippen molar-refractivity contribution in [1.82, 2.24) is 30.4 Å². The number of H-pyrrole nitrogens is 1. The highest BCUT2D eigenvalue weighted by molar-refractivity contribution is 7.99. The molecule has 2 aromatic heterocycles. The number of methoxy groups -OCH3 is 1. The molecule has 25 heavy (non-hydrogen) atoms. The number of anilines is 1. The van der Waals surface area contributed by atoms with Gasteiger partial charge in [-0.3, -0.25) is 9.89 Å². The number of rotatable bonds is 5. The molecule has 0 spiro atoms. The van der Waals surface area contributed by atoms with Gasteiger partial charge in [0, 0.05) is 39.3 Å². The summed E-state index contributed by atoms with van der Waals surface area (Å²) in [7, 11) is 5.27. The highest BCUT2D eigenvalue weighted by Crippen LogP contribution is 2.30. The monoisotopic (exact) mass is 363 g/mol. The van der Waals surface area contributed by atoms with Crippen molar-refractivity contribution in [2.24, 2.45) is 0 Å². The minimum Gasteiger partial charge on any atom is -0.478 e. The number of aromatic amines is 1. The number of likely N-dealkylation sites (N-methyl/N-ethyl adjacent to an activating group) is 1.